The van der Waals surface area contributed by atoms with Crippen LogP contribution in [-0.4, -0.2) is 34.7 Å². The van der Waals surface area contributed by atoms with E-state index in [0.717, 1.165) is 25.4 Å². The second-order valence-corrected chi connectivity index (χ2v) is 4.35. The molecule has 2 fully saturated rings. The van der Waals surface area contributed by atoms with E-state index in [1.807, 2.05) is 0 Å². The summed E-state index contributed by atoms with van der Waals surface area (Å²) >= 11 is 0. The van der Waals surface area contributed by atoms with Crippen LogP contribution >= 0.6 is 0 Å². The number of nitrogens with zero attached hydrogens (tertiary/aromatic N) is 1. The lowest BCUT2D eigenvalue weighted by Gasteiger charge is -2.45. The van der Waals surface area contributed by atoms with Crippen molar-refractivity contribution in [1.29, 1.82) is 0 Å². The molecule has 2 aliphatic heterocycles. The van der Waals surface area contributed by atoms with Gasteiger partial charge < -0.3 is 5.11 Å². The third-order valence-corrected chi connectivity index (χ3v) is 3.46. The van der Waals surface area contributed by atoms with Crippen LogP contribution in [0.25, 0.3) is 0 Å². The van der Waals surface area contributed by atoms with E-state index in [1.54, 1.807) is 0 Å². The smallest absolute Gasteiger partial charge is 0.0567 e. The lowest BCUT2D eigenvalue weighted by molar-refractivity contribution is -0.00192. The van der Waals surface area contributed by atoms with E-state index in [-0.39, 0.29) is 6.10 Å². The Hall–Kier alpha value is -0.0800. The van der Waals surface area contributed by atoms with E-state index in [0.29, 0.717) is 6.04 Å². The zero-order valence-corrected chi connectivity index (χ0v) is 7.87. The predicted octanol–water partition coefficient (Wildman–Crippen LogP) is 1.38. The van der Waals surface area contributed by atoms with Crippen LogP contribution in [0.15, 0.2) is 0 Å². The molecule has 2 heterocycles. The van der Waals surface area contributed by atoms with Gasteiger partial charge in [0.25, 0.3) is 0 Å². The number of piperidine rings is 2. The molecule has 2 nitrogen and oxygen atoms in total. The number of aliphatic hydroxyl groups excluding tert-OH is 1. The van der Waals surface area contributed by atoms with Crippen LogP contribution in [0, 0.1) is 0 Å². The van der Waals surface area contributed by atoms with E-state index in [9.17, 15) is 5.11 Å². The molecule has 0 aromatic rings. The average molecular weight is 169 g/mol. The second kappa shape index (κ2) is 3.35. The minimum absolute atomic E-state index is 0.0171. The topological polar surface area (TPSA) is 23.5 Å². The maximum atomic E-state index is 9.51. The molecule has 12 heavy (non-hydrogen) atoms. The van der Waals surface area contributed by atoms with Gasteiger partial charge in [-0.3, -0.25) is 4.90 Å². The van der Waals surface area contributed by atoms with Crippen LogP contribution < -0.4 is 0 Å². The molecule has 0 radical (unpaired) electrons. The van der Waals surface area contributed by atoms with Gasteiger partial charge in [-0.25, -0.2) is 0 Å². The number of aliphatic hydroxyl groups is 1. The SMILES string of the molecule is CC1CCCC2CC(O)CCN12. The Morgan fingerprint density at radius 2 is 2.08 bits per heavy atom. The number of hydrogen-bond acceptors (Lipinski definition) is 2. The molecule has 2 heteroatoms. The first-order chi connectivity index (χ1) is 5.77. The summed E-state index contributed by atoms with van der Waals surface area (Å²) in [6, 6.07) is 1.45. The zero-order chi connectivity index (χ0) is 8.55. The molecule has 3 unspecified atom stereocenters. The van der Waals surface area contributed by atoms with Crippen LogP contribution in [0.5, 0.6) is 0 Å². The fourth-order valence-corrected chi connectivity index (χ4v) is 2.73. The molecule has 0 amide bonds. The van der Waals surface area contributed by atoms with Crippen molar-refractivity contribution in [3.8, 4) is 0 Å². The molecular weight excluding hydrogens is 150 g/mol. The Bertz CT molecular complexity index is 160. The highest BCUT2D eigenvalue weighted by molar-refractivity contribution is 4.87. The highest BCUT2D eigenvalue weighted by Gasteiger charge is 2.32. The quantitative estimate of drug-likeness (QED) is 0.592. The number of fused-ring (bicyclic) bond motifs is 1. The molecule has 0 aromatic carbocycles. The normalized spacial score (nSPS) is 44.0. The maximum absolute atomic E-state index is 9.51. The molecule has 0 spiro atoms. The van der Waals surface area contributed by atoms with Crippen LogP contribution in [0.3, 0.4) is 0 Å². The van der Waals surface area contributed by atoms with Crippen molar-refractivity contribution in [2.45, 2.75) is 57.2 Å². The first-order valence-corrected chi connectivity index (χ1v) is 5.21. The van der Waals surface area contributed by atoms with Gasteiger partial charge in [0.05, 0.1) is 6.10 Å². The van der Waals surface area contributed by atoms with Gasteiger partial charge in [-0.15, -0.1) is 0 Å². The summed E-state index contributed by atoms with van der Waals surface area (Å²) in [7, 11) is 0. The fourth-order valence-electron chi connectivity index (χ4n) is 2.73. The van der Waals surface area contributed by atoms with Crippen molar-refractivity contribution in [2.75, 3.05) is 6.54 Å². The highest BCUT2D eigenvalue weighted by Crippen LogP contribution is 2.29. The van der Waals surface area contributed by atoms with E-state index in [1.165, 1.54) is 19.3 Å². The van der Waals surface area contributed by atoms with Gasteiger partial charge in [0.1, 0.15) is 0 Å². The van der Waals surface area contributed by atoms with E-state index in [4.69, 9.17) is 0 Å². The van der Waals surface area contributed by atoms with Gasteiger partial charge in [-0.2, -0.15) is 0 Å². The highest BCUT2D eigenvalue weighted by atomic mass is 16.3. The van der Waals surface area contributed by atoms with Gasteiger partial charge in [0.2, 0.25) is 0 Å². The lowest BCUT2D eigenvalue weighted by atomic mass is 9.88. The third-order valence-electron chi connectivity index (χ3n) is 3.46. The summed E-state index contributed by atoms with van der Waals surface area (Å²) in [4.78, 5) is 2.59. The Morgan fingerprint density at radius 1 is 1.25 bits per heavy atom. The Morgan fingerprint density at radius 3 is 2.92 bits per heavy atom. The summed E-state index contributed by atoms with van der Waals surface area (Å²) < 4.78 is 0. The lowest BCUT2D eigenvalue weighted by Crippen LogP contribution is -2.50. The van der Waals surface area contributed by atoms with Gasteiger partial charge in [0, 0.05) is 18.6 Å². The second-order valence-electron chi connectivity index (χ2n) is 4.35. The summed E-state index contributed by atoms with van der Waals surface area (Å²) in [5.41, 5.74) is 0. The van der Waals surface area contributed by atoms with Crippen LogP contribution in [0.1, 0.15) is 39.0 Å². The largest absolute Gasteiger partial charge is 0.393 e. The molecule has 2 saturated heterocycles. The van der Waals surface area contributed by atoms with E-state index in [2.05, 4.69) is 11.8 Å². The number of rotatable bonds is 0. The predicted molar refractivity (Wildman–Crippen MR) is 49.0 cm³/mol. The molecule has 0 saturated carbocycles. The molecule has 70 valence electrons. The third kappa shape index (κ3) is 1.50. The Kier molecular flexibility index (Phi) is 2.37. The van der Waals surface area contributed by atoms with Crippen LogP contribution in [-0.2, 0) is 0 Å². The van der Waals surface area contributed by atoms with Gasteiger partial charge in [-0.1, -0.05) is 6.42 Å². The standard InChI is InChI=1S/C10H19NO/c1-8-3-2-4-9-7-10(12)5-6-11(8)9/h8-10,12H,2-7H2,1H3. The van der Waals surface area contributed by atoms with Crippen LogP contribution in [0.2, 0.25) is 0 Å². The van der Waals surface area contributed by atoms with Crippen molar-refractivity contribution in [1.82, 2.24) is 4.90 Å². The monoisotopic (exact) mass is 169 g/mol. The van der Waals surface area contributed by atoms with Gasteiger partial charge >= 0.3 is 0 Å². The average Bonchev–Trinajstić information content (AvgIpc) is 2.04. The van der Waals surface area contributed by atoms with Crippen molar-refractivity contribution < 1.29 is 5.11 Å². The summed E-state index contributed by atoms with van der Waals surface area (Å²) in [6.07, 6.45) is 6.00. The summed E-state index contributed by atoms with van der Waals surface area (Å²) in [6.45, 7) is 3.44. The Balaban J connectivity index is 1.99. The molecule has 0 bridgehead atoms. The molecule has 0 aromatic heterocycles. The molecule has 2 rings (SSSR count). The van der Waals surface area contributed by atoms with Crippen molar-refractivity contribution in [3.63, 3.8) is 0 Å². The first-order valence-electron chi connectivity index (χ1n) is 5.21. The Labute approximate surface area is 74.6 Å². The van der Waals surface area contributed by atoms with Crippen molar-refractivity contribution >= 4 is 0 Å². The van der Waals surface area contributed by atoms with Gasteiger partial charge in [0.15, 0.2) is 0 Å². The fraction of sp³-hybridized carbons (Fsp3) is 1.00. The minimum Gasteiger partial charge on any atom is -0.393 e. The molecule has 1 N–H and O–H groups in total. The van der Waals surface area contributed by atoms with E-state index >= 15 is 0 Å². The van der Waals surface area contributed by atoms with Crippen molar-refractivity contribution in [3.05, 3.63) is 0 Å². The molecule has 2 aliphatic rings. The minimum atomic E-state index is -0.0171. The van der Waals surface area contributed by atoms with Crippen LogP contribution in [0.4, 0.5) is 0 Å². The van der Waals surface area contributed by atoms with E-state index < -0.39 is 0 Å². The summed E-state index contributed by atoms with van der Waals surface area (Å²) in [5.74, 6) is 0. The van der Waals surface area contributed by atoms with Crippen molar-refractivity contribution in [2.24, 2.45) is 0 Å². The first kappa shape index (κ1) is 8.52. The molecule has 0 aliphatic carbocycles. The van der Waals surface area contributed by atoms with Gasteiger partial charge in [-0.05, 0) is 32.6 Å². The number of hydrogen-bond donors (Lipinski definition) is 1. The molecular formula is C10H19NO. The molecule has 3 atom stereocenters. The summed E-state index contributed by atoms with van der Waals surface area (Å²) in [5, 5.41) is 9.51. The zero-order valence-electron chi connectivity index (χ0n) is 7.87. The maximum Gasteiger partial charge on any atom is 0.0567 e.